The molecular weight excluding hydrogens is 275 g/mol. The van der Waals surface area contributed by atoms with Gasteiger partial charge in [-0.1, -0.05) is 0 Å². The first kappa shape index (κ1) is 11.7. The van der Waals surface area contributed by atoms with Crippen LogP contribution in [0.2, 0.25) is 0 Å². The van der Waals surface area contributed by atoms with Crippen LogP contribution in [0.5, 0.6) is 0 Å². The molecule has 0 fully saturated rings. The molecule has 0 aliphatic rings. The van der Waals surface area contributed by atoms with Crippen molar-refractivity contribution in [1.82, 2.24) is 0 Å². The summed E-state index contributed by atoms with van der Waals surface area (Å²) in [6.07, 6.45) is 0. The van der Waals surface area contributed by atoms with E-state index < -0.39 is 0 Å². The Hall–Kier alpha value is -1.81. The van der Waals surface area contributed by atoms with E-state index in [2.05, 4.69) is 10.7 Å². The van der Waals surface area contributed by atoms with Gasteiger partial charge in [0, 0.05) is 0 Å². The number of benzene rings is 2. The molecule has 17 heavy (non-hydrogen) atoms. The molecule has 0 saturated carbocycles. The molecule has 0 aliphatic carbocycles. The molecule has 0 saturated heterocycles. The van der Waals surface area contributed by atoms with Crippen molar-refractivity contribution in [3.05, 3.63) is 71.8 Å². The van der Waals surface area contributed by atoms with Gasteiger partial charge in [0.05, 0.1) is 0 Å². The molecule has 0 aromatic heterocycles. The molecule has 0 unspecified atom stereocenters. The molecule has 2 aromatic rings. The van der Waals surface area contributed by atoms with Crippen LogP contribution >= 0.6 is 0 Å². The Morgan fingerprint density at radius 3 is 2.12 bits per heavy atom. The molecule has 1 nitrogen and oxygen atoms in total. The Labute approximate surface area is 107 Å². The summed E-state index contributed by atoms with van der Waals surface area (Å²) >= 11 is -0.308. The summed E-state index contributed by atoms with van der Waals surface area (Å²) in [5.41, 5.74) is 1.70. The van der Waals surface area contributed by atoms with Gasteiger partial charge in [-0.25, -0.2) is 0 Å². The van der Waals surface area contributed by atoms with Gasteiger partial charge >= 0.3 is 107 Å². The van der Waals surface area contributed by atoms with Crippen LogP contribution in [-0.4, -0.2) is 19.6 Å². The van der Waals surface area contributed by atoms with E-state index in [1.54, 1.807) is 0 Å². The van der Waals surface area contributed by atoms with Crippen molar-refractivity contribution in [2.45, 2.75) is 0 Å². The standard InChI is InChI=1S/C15H10OSe/c16-15(14-9-5-2-6-10-14)17-12-11-13-7-3-1-4-8-13/h1-10H. The second-order valence-electron chi connectivity index (χ2n) is 3.35. The number of carbonyl (C=O) groups excluding carboxylic acids is 1. The second-order valence-corrected chi connectivity index (χ2v) is 4.98. The minimum atomic E-state index is -0.308. The SMILES string of the molecule is O=C([Se]C#Cc1ccccc1)c1ccccc1. The summed E-state index contributed by atoms with van der Waals surface area (Å²) in [6.45, 7) is 0. The molecule has 2 rings (SSSR count). The topological polar surface area (TPSA) is 17.1 Å². The Morgan fingerprint density at radius 1 is 0.882 bits per heavy atom. The Kier molecular flexibility index (Phi) is 4.16. The number of carbonyl (C=O) groups is 1. The van der Waals surface area contributed by atoms with E-state index >= 15 is 0 Å². The molecule has 0 heterocycles. The number of hydrogen-bond donors (Lipinski definition) is 0. The summed E-state index contributed by atoms with van der Waals surface area (Å²) in [5, 5.41) is 0. The first-order chi connectivity index (χ1) is 8.36. The van der Waals surface area contributed by atoms with Crippen molar-refractivity contribution in [3.8, 4) is 10.7 Å². The molecule has 2 aromatic carbocycles. The Balaban J connectivity index is 2.00. The van der Waals surface area contributed by atoms with Gasteiger partial charge < -0.3 is 0 Å². The summed E-state index contributed by atoms with van der Waals surface area (Å²) in [7, 11) is 0. The van der Waals surface area contributed by atoms with E-state index in [4.69, 9.17) is 0 Å². The van der Waals surface area contributed by atoms with Gasteiger partial charge in [-0.3, -0.25) is 0 Å². The normalized spacial score (nSPS) is 9.18. The second kappa shape index (κ2) is 6.06. The molecule has 2 heteroatoms. The van der Waals surface area contributed by atoms with Crippen LogP contribution in [-0.2, 0) is 0 Å². The summed E-state index contributed by atoms with van der Waals surface area (Å²) < 4.78 is 0.126. The molecule has 0 radical (unpaired) electrons. The fourth-order valence-corrected chi connectivity index (χ4v) is 2.37. The van der Waals surface area contributed by atoms with Crippen molar-refractivity contribution < 1.29 is 4.79 Å². The van der Waals surface area contributed by atoms with Crippen LogP contribution < -0.4 is 0 Å². The zero-order chi connectivity index (χ0) is 11.9. The van der Waals surface area contributed by atoms with Crippen LogP contribution in [0.3, 0.4) is 0 Å². The third kappa shape index (κ3) is 3.60. The van der Waals surface area contributed by atoms with E-state index in [0.717, 1.165) is 11.1 Å². The van der Waals surface area contributed by atoms with Crippen molar-refractivity contribution >= 4 is 19.6 Å². The fraction of sp³-hybridized carbons (Fsp3) is 0. The average Bonchev–Trinajstić information content (AvgIpc) is 2.41. The van der Waals surface area contributed by atoms with Crippen molar-refractivity contribution in [2.75, 3.05) is 0 Å². The average molecular weight is 285 g/mol. The van der Waals surface area contributed by atoms with Crippen LogP contribution in [0.15, 0.2) is 60.7 Å². The third-order valence-electron chi connectivity index (χ3n) is 2.12. The maximum absolute atomic E-state index is 11.8. The van der Waals surface area contributed by atoms with Gasteiger partial charge in [0.1, 0.15) is 0 Å². The van der Waals surface area contributed by atoms with Crippen LogP contribution in [0.4, 0.5) is 0 Å². The van der Waals surface area contributed by atoms with E-state index in [1.807, 2.05) is 60.7 Å². The van der Waals surface area contributed by atoms with Gasteiger partial charge in [0.2, 0.25) is 0 Å². The van der Waals surface area contributed by atoms with Gasteiger partial charge in [0.15, 0.2) is 0 Å². The minimum absolute atomic E-state index is 0.126. The number of hydrogen-bond acceptors (Lipinski definition) is 1. The van der Waals surface area contributed by atoms with Gasteiger partial charge in [0.25, 0.3) is 0 Å². The van der Waals surface area contributed by atoms with E-state index in [-0.39, 0.29) is 19.6 Å². The van der Waals surface area contributed by atoms with Crippen molar-refractivity contribution in [1.29, 1.82) is 0 Å². The monoisotopic (exact) mass is 286 g/mol. The summed E-state index contributed by atoms with van der Waals surface area (Å²) in [6, 6.07) is 19.0. The molecular formula is C15H10OSe. The van der Waals surface area contributed by atoms with Crippen molar-refractivity contribution in [3.63, 3.8) is 0 Å². The summed E-state index contributed by atoms with van der Waals surface area (Å²) in [5.74, 6) is 3.00. The molecule has 0 aliphatic heterocycles. The maximum atomic E-state index is 11.8. The first-order valence-corrected chi connectivity index (χ1v) is 6.90. The fourth-order valence-electron chi connectivity index (χ4n) is 1.29. The van der Waals surface area contributed by atoms with Crippen LogP contribution in [0, 0.1) is 10.7 Å². The van der Waals surface area contributed by atoms with Crippen molar-refractivity contribution in [2.24, 2.45) is 0 Å². The quantitative estimate of drug-likeness (QED) is 0.612. The van der Waals surface area contributed by atoms with E-state index in [1.165, 1.54) is 0 Å². The molecule has 0 amide bonds. The van der Waals surface area contributed by atoms with E-state index in [9.17, 15) is 4.79 Å². The molecule has 82 valence electrons. The van der Waals surface area contributed by atoms with Gasteiger partial charge in [-0.15, -0.1) is 0 Å². The molecule has 0 atom stereocenters. The molecule has 0 spiro atoms. The van der Waals surface area contributed by atoms with Crippen LogP contribution in [0.1, 0.15) is 15.9 Å². The predicted octanol–water partition coefficient (Wildman–Crippen LogP) is 2.54. The van der Waals surface area contributed by atoms with Crippen LogP contribution in [0.25, 0.3) is 0 Å². The van der Waals surface area contributed by atoms with E-state index in [0.29, 0.717) is 0 Å². The Bertz CT molecular complexity index is 550. The molecule has 0 N–H and O–H groups in total. The van der Waals surface area contributed by atoms with Gasteiger partial charge in [-0.2, -0.15) is 0 Å². The zero-order valence-corrected chi connectivity index (χ0v) is 10.8. The predicted molar refractivity (Wildman–Crippen MR) is 69.8 cm³/mol. The Morgan fingerprint density at radius 2 is 1.47 bits per heavy atom. The molecule has 0 bridgehead atoms. The first-order valence-electron chi connectivity index (χ1n) is 5.18. The number of rotatable bonds is 2. The summed E-state index contributed by atoms with van der Waals surface area (Å²) in [4.78, 5) is 14.7. The zero-order valence-electron chi connectivity index (χ0n) is 9.09. The third-order valence-corrected chi connectivity index (χ3v) is 3.43. The van der Waals surface area contributed by atoms with Gasteiger partial charge in [-0.05, 0) is 0 Å².